The molecule has 158 valence electrons. The van der Waals surface area contributed by atoms with Crippen molar-refractivity contribution in [1.29, 1.82) is 0 Å². The lowest BCUT2D eigenvalue weighted by Gasteiger charge is -2.30. The highest BCUT2D eigenvalue weighted by molar-refractivity contribution is 6.32. The summed E-state index contributed by atoms with van der Waals surface area (Å²) in [6.07, 6.45) is 0.815. The minimum atomic E-state index is -4.19. The second-order valence-electron chi connectivity index (χ2n) is 8.63. The van der Waals surface area contributed by atoms with E-state index in [2.05, 4.69) is 25.3 Å². The first kappa shape index (κ1) is 20.2. The molecule has 2 saturated heterocycles. The lowest BCUT2D eigenvalue weighted by Crippen LogP contribution is -2.37. The number of likely N-dealkylation sites (tertiary alicyclic amines) is 1. The summed E-state index contributed by atoms with van der Waals surface area (Å²) in [6, 6.07) is 0. The minimum Gasteiger partial charge on any atom is -0.354 e. The van der Waals surface area contributed by atoms with E-state index in [1.807, 2.05) is 20.9 Å². The number of alkyl halides is 3. The second-order valence-corrected chi connectivity index (χ2v) is 9.04. The first-order valence-electron chi connectivity index (χ1n) is 9.29. The molecule has 7 nitrogen and oxygen atoms in total. The topological polar surface area (TPSA) is 62.1 Å². The molecule has 0 radical (unpaired) electrons. The molecule has 29 heavy (non-hydrogen) atoms. The number of halogens is 4. The monoisotopic (exact) mass is 429 g/mol. The van der Waals surface area contributed by atoms with Crippen LogP contribution >= 0.6 is 11.6 Å². The molecule has 0 aromatic carbocycles. The molecule has 4 heterocycles. The lowest BCUT2D eigenvalue weighted by molar-refractivity contribution is -0.144. The van der Waals surface area contributed by atoms with Gasteiger partial charge in [0, 0.05) is 50.3 Å². The number of hydrogen-bond acceptors (Lipinski definition) is 6. The molecule has 2 aromatic heterocycles. The molecular weight excluding hydrogens is 407 g/mol. The van der Waals surface area contributed by atoms with Gasteiger partial charge in [0.25, 0.3) is 0 Å². The first-order valence-corrected chi connectivity index (χ1v) is 9.67. The Hall–Kier alpha value is -2.07. The van der Waals surface area contributed by atoms with E-state index >= 15 is 0 Å². The molecule has 2 fully saturated rings. The number of nitrogens with zero attached hydrogens (tertiary/aromatic N) is 6. The molecule has 0 spiro atoms. The smallest absolute Gasteiger partial charge is 0.354 e. The fourth-order valence-electron chi connectivity index (χ4n) is 4.57. The summed E-state index contributed by atoms with van der Waals surface area (Å²) < 4.78 is 40.2. The van der Waals surface area contributed by atoms with Crippen molar-refractivity contribution < 1.29 is 13.2 Å². The van der Waals surface area contributed by atoms with Crippen molar-refractivity contribution in [3.05, 3.63) is 23.6 Å². The van der Waals surface area contributed by atoms with Crippen molar-refractivity contribution in [2.75, 3.05) is 42.9 Å². The van der Waals surface area contributed by atoms with Gasteiger partial charge in [0.15, 0.2) is 5.82 Å². The number of aryl methyl sites for hydroxylation is 1. The molecule has 2 aliphatic heterocycles. The SMILES string of the molecule is Cn1cc(Nc2ncc(Cl)c(N3CC4(C)CN(CC(F)(F)F)CC4(C)C3)n2)cn1. The zero-order valence-electron chi connectivity index (χ0n) is 16.5. The summed E-state index contributed by atoms with van der Waals surface area (Å²) in [5, 5.41) is 7.61. The molecule has 2 atom stereocenters. The molecular formula is C18H23ClF3N7. The third-order valence-electron chi connectivity index (χ3n) is 6.07. The van der Waals surface area contributed by atoms with Gasteiger partial charge in [0.1, 0.15) is 5.02 Å². The summed E-state index contributed by atoms with van der Waals surface area (Å²) >= 11 is 6.38. The molecule has 2 unspecified atom stereocenters. The highest BCUT2D eigenvalue weighted by atomic mass is 35.5. The van der Waals surface area contributed by atoms with Gasteiger partial charge in [-0.3, -0.25) is 9.58 Å². The highest BCUT2D eigenvalue weighted by Gasteiger charge is 2.58. The Morgan fingerprint density at radius 2 is 1.79 bits per heavy atom. The maximum atomic E-state index is 12.9. The second kappa shape index (κ2) is 6.73. The Bertz CT molecular complexity index is 897. The van der Waals surface area contributed by atoms with Crippen LogP contribution in [0.1, 0.15) is 13.8 Å². The van der Waals surface area contributed by atoms with Crippen LogP contribution in [0, 0.1) is 10.8 Å². The summed E-state index contributed by atoms with van der Waals surface area (Å²) in [5.74, 6) is 0.982. The van der Waals surface area contributed by atoms with Crippen LogP contribution in [-0.4, -0.2) is 63.5 Å². The summed E-state index contributed by atoms with van der Waals surface area (Å²) in [7, 11) is 1.81. The van der Waals surface area contributed by atoms with Crippen LogP contribution in [0.3, 0.4) is 0 Å². The van der Waals surface area contributed by atoms with E-state index in [9.17, 15) is 13.2 Å². The summed E-state index contributed by atoms with van der Waals surface area (Å²) in [4.78, 5) is 12.4. The third kappa shape index (κ3) is 3.87. The van der Waals surface area contributed by atoms with Gasteiger partial charge in [-0.15, -0.1) is 0 Å². The van der Waals surface area contributed by atoms with Crippen LogP contribution in [0.25, 0.3) is 0 Å². The Labute approximate surface area is 171 Å². The quantitative estimate of drug-likeness (QED) is 0.804. The van der Waals surface area contributed by atoms with Crippen LogP contribution < -0.4 is 10.2 Å². The van der Waals surface area contributed by atoms with E-state index < -0.39 is 12.7 Å². The molecule has 4 rings (SSSR count). The fourth-order valence-corrected chi connectivity index (χ4v) is 4.79. The fraction of sp³-hybridized carbons (Fsp3) is 0.611. The number of aromatic nitrogens is 4. The maximum absolute atomic E-state index is 12.9. The Morgan fingerprint density at radius 1 is 1.14 bits per heavy atom. The van der Waals surface area contributed by atoms with Crippen molar-refractivity contribution in [2.24, 2.45) is 17.9 Å². The van der Waals surface area contributed by atoms with Gasteiger partial charge in [-0.1, -0.05) is 25.4 Å². The van der Waals surface area contributed by atoms with Gasteiger partial charge in [-0.25, -0.2) is 4.98 Å². The van der Waals surface area contributed by atoms with Gasteiger partial charge in [-0.2, -0.15) is 23.3 Å². The number of fused-ring (bicyclic) bond motifs is 1. The highest BCUT2D eigenvalue weighted by Crippen LogP contribution is 2.53. The van der Waals surface area contributed by atoms with Crippen LogP contribution in [-0.2, 0) is 7.05 Å². The molecule has 2 aliphatic rings. The number of nitrogens with one attached hydrogen (secondary N) is 1. The molecule has 0 saturated carbocycles. The number of anilines is 3. The van der Waals surface area contributed by atoms with Gasteiger partial charge in [-0.05, 0) is 0 Å². The van der Waals surface area contributed by atoms with Crippen molar-refractivity contribution >= 4 is 29.1 Å². The maximum Gasteiger partial charge on any atom is 0.401 e. The van der Waals surface area contributed by atoms with Crippen molar-refractivity contribution in [2.45, 2.75) is 20.0 Å². The lowest BCUT2D eigenvalue weighted by atomic mass is 9.71. The van der Waals surface area contributed by atoms with Crippen LogP contribution in [0.2, 0.25) is 5.02 Å². The van der Waals surface area contributed by atoms with Crippen LogP contribution in [0.5, 0.6) is 0 Å². The van der Waals surface area contributed by atoms with Crippen molar-refractivity contribution in [3.63, 3.8) is 0 Å². The van der Waals surface area contributed by atoms with Crippen LogP contribution in [0.4, 0.5) is 30.6 Å². The zero-order valence-corrected chi connectivity index (χ0v) is 17.2. The predicted molar refractivity (Wildman–Crippen MR) is 104 cm³/mol. The normalized spacial score (nSPS) is 27.5. The predicted octanol–water partition coefficient (Wildman–Crippen LogP) is 3.32. The molecule has 0 bridgehead atoms. The number of hydrogen-bond donors (Lipinski definition) is 1. The Kier molecular flexibility index (Phi) is 4.69. The van der Waals surface area contributed by atoms with Gasteiger partial charge >= 0.3 is 6.18 Å². The Morgan fingerprint density at radius 3 is 2.34 bits per heavy atom. The van der Waals surface area contributed by atoms with Gasteiger partial charge in [0.05, 0.1) is 24.6 Å². The van der Waals surface area contributed by atoms with E-state index in [1.165, 1.54) is 11.1 Å². The average Bonchev–Trinajstić information content (AvgIpc) is 3.15. The Balaban J connectivity index is 1.53. The van der Waals surface area contributed by atoms with E-state index in [0.29, 0.717) is 43.0 Å². The largest absolute Gasteiger partial charge is 0.401 e. The summed E-state index contributed by atoms with van der Waals surface area (Å²) in [5.41, 5.74) is 0.174. The van der Waals surface area contributed by atoms with E-state index in [-0.39, 0.29) is 10.8 Å². The molecule has 2 aromatic rings. The molecule has 0 aliphatic carbocycles. The third-order valence-corrected chi connectivity index (χ3v) is 6.34. The van der Waals surface area contributed by atoms with Crippen molar-refractivity contribution in [3.8, 4) is 0 Å². The van der Waals surface area contributed by atoms with Gasteiger partial charge in [0.2, 0.25) is 5.95 Å². The van der Waals surface area contributed by atoms with Crippen molar-refractivity contribution in [1.82, 2.24) is 24.6 Å². The number of rotatable bonds is 4. The van der Waals surface area contributed by atoms with E-state index in [1.54, 1.807) is 17.1 Å². The standard InChI is InChI=1S/C18H23ClF3N7/c1-16-7-28(11-18(20,21)22)8-17(16,2)10-29(9-16)14-13(19)5-23-15(26-14)25-12-4-24-27(3)6-12/h4-6H,7-11H2,1-3H3,(H,23,25,26). The minimum absolute atomic E-state index is 0.288. The summed E-state index contributed by atoms with van der Waals surface area (Å²) in [6.45, 7) is 5.18. The zero-order chi connectivity index (χ0) is 21.0. The first-order chi connectivity index (χ1) is 13.5. The average molecular weight is 430 g/mol. The van der Waals surface area contributed by atoms with E-state index in [4.69, 9.17) is 11.6 Å². The van der Waals surface area contributed by atoms with Gasteiger partial charge < -0.3 is 10.2 Å². The van der Waals surface area contributed by atoms with Crippen LogP contribution in [0.15, 0.2) is 18.6 Å². The molecule has 0 amide bonds. The molecule has 1 N–H and O–H groups in total. The van der Waals surface area contributed by atoms with E-state index in [0.717, 1.165) is 5.69 Å². The molecule has 11 heteroatoms.